The van der Waals surface area contributed by atoms with Gasteiger partial charge in [-0.2, -0.15) is 60.7 Å². The third-order valence-electron chi connectivity index (χ3n) is 6.20. The van der Waals surface area contributed by atoms with Crippen LogP contribution in [-0.2, 0) is 21.1 Å². The molecule has 3 heterocycles. The quantitative estimate of drug-likeness (QED) is 0.174. The van der Waals surface area contributed by atoms with Gasteiger partial charge in [-0.15, -0.1) is 53.9 Å². The van der Waals surface area contributed by atoms with Crippen LogP contribution in [0.4, 0.5) is 22.7 Å². The Morgan fingerprint density at radius 3 is 1.60 bits per heavy atom. The van der Waals surface area contributed by atoms with E-state index in [0.717, 1.165) is 45.4 Å². The Bertz CT molecular complexity index is 1510. The largest absolute Gasteiger partial charge is 4.00 e. The van der Waals surface area contributed by atoms with Gasteiger partial charge in [-0.3, -0.25) is 9.97 Å². The average molecular weight is 696 g/mol. The van der Waals surface area contributed by atoms with E-state index >= 15 is 0 Å². The van der Waals surface area contributed by atoms with Gasteiger partial charge in [0, 0.05) is 17.6 Å². The van der Waals surface area contributed by atoms with Crippen molar-refractivity contribution >= 4 is 22.7 Å². The summed E-state index contributed by atoms with van der Waals surface area (Å²) in [6, 6.07) is 53.7. The van der Waals surface area contributed by atoms with Crippen LogP contribution in [0.25, 0.3) is 22.6 Å². The van der Waals surface area contributed by atoms with E-state index in [4.69, 9.17) is 0 Å². The molecule has 194 valence electrons. The maximum atomic E-state index is 4.62. The summed E-state index contributed by atoms with van der Waals surface area (Å²) in [5.41, 5.74) is 8.04. The predicted octanol–water partition coefficient (Wildman–Crippen LogP) is 8.30. The minimum atomic E-state index is 0. The van der Waals surface area contributed by atoms with Crippen molar-refractivity contribution in [2.75, 3.05) is 9.80 Å². The topological polar surface area (TPSA) is 32.3 Å². The van der Waals surface area contributed by atoms with Gasteiger partial charge in [0.2, 0.25) is 0 Å². The maximum Gasteiger partial charge on any atom is 4.00 e. The molecule has 40 heavy (non-hydrogen) atoms. The van der Waals surface area contributed by atoms with E-state index in [1.165, 1.54) is 0 Å². The van der Waals surface area contributed by atoms with Crippen molar-refractivity contribution in [3.63, 3.8) is 0 Å². The molecule has 0 fully saturated rings. The van der Waals surface area contributed by atoms with Crippen LogP contribution in [0.2, 0.25) is 0 Å². The van der Waals surface area contributed by atoms with Crippen molar-refractivity contribution in [2.45, 2.75) is 0 Å². The molecule has 0 aliphatic carbocycles. The predicted molar refractivity (Wildman–Crippen MR) is 157 cm³/mol. The molecule has 7 rings (SSSR count). The van der Waals surface area contributed by atoms with Gasteiger partial charge in [0.15, 0.2) is 0 Å². The molecule has 4 nitrogen and oxygen atoms in total. The van der Waals surface area contributed by atoms with Crippen molar-refractivity contribution in [1.82, 2.24) is 9.97 Å². The molecule has 0 amide bonds. The van der Waals surface area contributed by atoms with Crippen LogP contribution in [0.5, 0.6) is 0 Å². The molecule has 6 aromatic rings. The smallest absolute Gasteiger partial charge is 0.493 e. The van der Waals surface area contributed by atoms with Crippen molar-refractivity contribution in [2.24, 2.45) is 0 Å². The molecule has 0 N–H and O–H groups in total. The molecular weight excluding hydrogens is 671 g/mol. The summed E-state index contributed by atoms with van der Waals surface area (Å²) < 4.78 is 0. The van der Waals surface area contributed by atoms with E-state index in [0.29, 0.717) is 0 Å². The van der Waals surface area contributed by atoms with Gasteiger partial charge in [0.05, 0.1) is 11.4 Å². The molecule has 0 saturated heterocycles. The molecule has 0 atom stereocenters. The van der Waals surface area contributed by atoms with Crippen LogP contribution in [-0.4, -0.2) is 9.97 Å². The summed E-state index contributed by atoms with van der Waals surface area (Å²) in [5, 5.41) is 0. The van der Waals surface area contributed by atoms with Crippen LogP contribution in [0, 0.1) is 24.9 Å². The number of rotatable bonds is 4. The molecular formula is C35H24N4Pt. The zero-order chi connectivity index (χ0) is 26.3. The van der Waals surface area contributed by atoms with Gasteiger partial charge in [-0.25, -0.2) is 0 Å². The SMILES string of the molecule is [Pt+4].[c-]1ccccc1-c1cccc(-c2ccccn2)n1.[c-]1ccccc1N1[CH-]N(c2[c-]cccc2)c2ccccc21. The van der Waals surface area contributed by atoms with Crippen molar-refractivity contribution < 1.29 is 21.1 Å². The second-order valence-electron chi connectivity index (χ2n) is 8.74. The number of pyridine rings is 2. The van der Waals surface area contributed by atoms with Crippen molar-refractivity contribution in [3.05, 3.63) is 165 Å². The Morgan fingerprint density at radius 1 is 0.500 bits per heavy atom. The molecule has 0 unspecified atom stereocenters. The number of hydrogen-bond acceptors (Lipinski definition) is 4. The molecule has 0 spiro atoms. The van der Waals surface area contributed by atoms with Crippen LogP contribution in [0.3, 0.4) is 0 Å². The van der Waals surface area contributed by atoms with Crippen LogP contribution >= 0.6 is 0 Å². The van der Waals surface area contributed by atoms with Gasteiger partial charge in [0.1, 0.15) is 0 Å². The van der Waals surface area contributed by atoms with E-state index in [9.17, 15) is 0 Å². The van der Waals surface area contributed by atoms with Gasteiger partial charge >= 0.3 is 21.1 Å². The van der Waals surface area contributed by atoms with E-state index in [-0.39, 0.29) is 21.1 Å². The number of para-hydroxylation sites is 4. The summed E-state index contributed by atoms with van der Waals surface area (Å²) >= 11 is 0. The molecule has 5 heteroatoms. The van der Waals surface area contributed by atoms with E-state index < -0.39 is 0 Å². The zero-order valence-electron chi connectivity index (χ0n) is 21.5. The number of aromatic nitrogens is 2. The van der Waals surface area contributed by atoms with E-state index in [1.807, 2.05) is 97.1 Å². The third-order valence-corrected chi connectivity index (χ3v) is 6.20. The summed E-state index contributed by atoms with van der Waals surface area (Å²) in [4.78, 5) is 13.2. The fourth-order valence-corrected chi connectivity index (χ4v) is 4.36. The first-order valence-electron chi connectivity index (χ1n) is 12.7. The average Bonchev–Trinajstić information content (AvgIpc) is 3.43. The number of benzene rings is 4. The first-order valence-corrected chi connectivity index (χ1v) is 12.7. The van der Waals surface area contributed by atoms with Gasteiger partial charge in [0.25, 0.3) is 0 Å². The Labute approximate surface area is 249 Å². The van der Waals surface area contributed by atoms with Gasteiger partial charge < -0.3 is 9.80 Å². The molecule has 4 aromatic carbocycles. The normalized spacial score (nSPS) is 11.6. The van der Waals surface area contributed by atoms with Gasteiger partial charge in [-0.05, 0) is 36.0 Å². The number of nitrogens with zero attached hydrogens (tertiary/aromatic N) is 4. The Kier molecular flexibility index (Phi) is 8.80. The third kappa shape index (κ3) is 6.03. The molecule has 2 aromatic heterocycles. The summed E-state index contributed by atoms with van der Waals surface area (Å²) in [6.07, 6.45) is 1.78. The second kappa shape index (κ2) is 13.0. The minimum Gasteiger partial charge on any atom is -0.493 e. The summed E-state index contributed by atoms with van der Waals surface area (Å²) in [6.45, 7) is 2.09. The standard InChI is InChI=1S/C19H13N2.C16H11N2.Pt/c1-3-9-16(10-4-1)20-15-21(17-11-5-2-6-12-17)19-14-8-7-13-18(19)20;1-2-7-13(8-3-1)14-10-6-11-16(18-14)15-9-4-5-12-17-15;/h1-9,11,13-15H;1-7,9-12H;/q-3;-1;+4. The van der Waals surface area contributed by atoms with Crippen molar-refractivity contribution in [3.8, 4) is 22.6 Å². The maximum absolute atomic E-state index is 4.62. The van der Waals surface area contributed by atoms with Crippen LogP contribution in [0.1, 0.15) is 0 Å². The van der Waals surface area contributed by atoms with Gasteiger partial charge in [-0.1, -0.05) is 30.3 Å². The Morgan fingerprint density at radius 2 is 1.05 bits per heavy atom. The Balaban J connectivity index is 0.000000159. The minimum absolute atomic E-state index is 0. The summed E-state index contributed by atoms with van der Waals surface area (Å²) in [7, 11) is 0. The number of hydrogen-bond donors (Lipinski definition) is 0. The van der Waals surface area contributed by atoms with E-state index in [2.05, 4.69) is 81.0 Å². The van der Waals surface area contributed by atoms with Crippen molar-refractivity contribution in [1.29, 1.82) is 0 Å². The van der Waals surface area contributed by atoms with E-state index in [1.54, 1.807) is 6.20 Å². The summed E-state index contributed by atoms with van der Waals surface area (Å²) in [5.74, 6) is 0. The fraction of sp³-hybridized carbons (Fsp3) is 0. The second-order valence-corrected chi connectivity index (χ2v) is 8.74. The molecule has 0 bridgehead atoms. The number of anilines is 4. The molecule has 1 aliphatic heterocycles. The zero-order valence-corrected chi connectivity index (χ0v) is 23.7. The molecule has 1 aliphatic rings. The molecule has 0 radical (unpaired) electrons. The molecule has 0 saturated carbocycles. The first-order chi connectivity index (χ1) is 19.4. The first kappa shape index (κ1) is 27.1. The number of fused-ring (bicyclic) bond motifs is 1. The van der Waals surface area contributed by atoms with Crippen LogP contribution < -0.4 is 9.80 Å². The Hall–Kier alpha value is -4.53. The fourth-order valence-electron chi connectivity index (χ4n) is 4.36. The monoisotopic (exact) mass is 695 g/mol. The van der Waals surface area contributed by atoms with Crippen LogP contribution in [0.15, 0.2) is 140 Å².